The van der Waals surface area contributed by atoms with Crippen molar-refractivity contribution in [1.82, 2.24) is 14.8 Å². The molecule has 1 unspecified atom stereocenters. The molecular formula is C16H24N4. The van der Waals surface area contributed by atoms with Crippen molar-refractivity contribution in [3.05, 3.63) is 48.0 Å². The van der Waals surface area contributed by atoms with E-state index in [2.05, 4.69) is 40.9 Å². The molecule has 0 saturated carbocycles. The highest BCUT2D eigenvalue weighted by Gasteiger charge is 2.11. The van der Waals surface area contributed by atoms with Gasteiger partial charge in [-0.05, 0) is 31.0 Å². The predicted molar refractivity (Wildman–Crippen MR) is 81.5 cm³/mol. The molecule has 20 heavy (non-hydrogen) atoms. The number of rotatable bonds is 7. The highest BCUT2D eigenvalue weighted by molar-refractivity contribution is 5.08. The van der Waals surface area contributed by atoms with Gasteiger partial charge < -0.3 is 5.73 Å². The molecule has 2 aromatic rings. The highest BCUT2D eigenvalue weighted by Crippen LogP contribution is 2.15. The standard InChI is InChI=1S/C16H24N4/c1-3-16(4-2)20-10-8-15(19-20)12-13(17)11-14-7-5-6-9-18-14/h5-10,13,16H,3-4,11-12,17H2,1-2H3. The number of hydrogen-bond acceptors (Lipinski definition) is 3. The summed E-state index contributed by atoms with van der Waals surface area (Å²) < 4.78 is 2.07. The Morgan fingerprint density at radius 1 is 1.10 bits per heavy atom. The Balaban J connectivity index is 1.93. The number of pyridine rings is 1. The van der Waals surface area contributed by atoms with Crippen LogP contribution < -0.4 is 5.73 Å². The Hall–Kier alpha value is -1.68. The molecule has 4 nitrogen and oxygen atoms in total. The van der Waals surface area contributed by atoms with Crippen LogP contribution >= 0.6 is 0 Å². The van der Waals surface area contributed by atoms with E-state index in [1.165, 1.54) is 0 Å². The summed E-state index contributed by atoms with van der Waals surface area (Å²) in [4.78, 5) is 4.31. The third-order valence-corrected chi connectivity index (χ3v) is 3.65. The summed E-state index contributed by atoms with van der Waals surface area (Å²) in [6.07, 6.45) is 7.68. The van der Waals surface area contributed by atoms with Crippen LogP contribution in [0.1, 0.15) is 44.1 Å². The van der Waals surface area contributed by atoms with Gasteiger partial charge in [-0.1, -0.05) is 19.9 Å². The molecule has 0 bridgehead atoms. The average molecular weight is 272 g/mol. The van der Waals surface area contributed by atoms with Crippen molar-refractivity contribution in [3.8, 4) is 0 Å². The zero-order chi connectivity index (χ0) is 14.4. The number of hydrogen-bond donors (Lipinski definition) is 1. The van der Waals surface area contributed by atoms with Gasteiger partial charge in [-0.3, -0.25) is 9.67 Å². The normalized spacial score (nSPS) is 12.8. The lowest BCUT2D eigenvalue weighted by molar-refractivity contribution is 0.424. The van der Waals surface area contributed by atoms with E-state index in [-0.39, 0.29) is 6.04 Å². The molecule has 1 atom stereocenters. The third-order valence-electron chi connectivity index (χ3n) is 3.65. The number of aromatic nitrogens is 3. The fraction of sp³-hybridized carbons (Fsp3) is 0.500. The smallest absolute Gasteiger partial charge is 0.0640 e. The van der Waals surface area contributed by atoms with Crippen LogP contribution in [-0.2, 0) is 12.8 Å². The van der Waals surface area contributed by atoms with Crippen molar-refractivity contribution >= 4 is 0 Å². The molecule has 2 heterocycles. The summed E-state index contributed by atoms with van der Waals surface area (Å²) in [6.45, 7) is 4.39. The van der Waals surface area contributed by atoms with E-state index < -0.39 is 0 Å². The molecule has 2 aromatic heterocycles. The maximum Gasteiger partial charge on any atom is 0.0640 e. The van der Waals surface area contributed by atoms with Gasteiger partial charge in [0.25, 0.3) is 0 Å². The van der Waals surface area contributed by atoms with E-state index in [1.54, 1.807) is 0 Å². The Kier molecular flexibility index (Phi) is 5.30. The minimum atomic E-state index is 0.0648. The van der Waals surface area contributed by atoms with Crippen LogP contribution in [0.5, 0.6) is 0 Å². The van der Waals surface area contributed by atoms with Crippen molar-refractivity contribution in [2.45, 2.75) is 51.6 Å². The van der Waals surface area contributed by atoms with Gasteiger partial charge in [0.1, 0.15) is 0 Å². The molecule has 2 N–H and O–H groups in total. The maximum atomic E-state index is 6.20. The van der Waals surface area contributed by atoms with Crippen LogP contribution in [0.25, 0.3) is 0 Å². The Morgan fingerprint density at radius 3 is 2.50 bits per heavy atom. The summed E-state index contributed by atoms with van der Waals surface area (Å²) in [5, 5.41) is 4.65. The lowest BCUT2D eigenvalue weighted by Gasteiger charge is -2.13. The van der Waals surface area contributed by atoms with Crippen LogP contribution in [0.15, 0.2) is 36.7 Å². The highest BCUT2D eigenvalue weighted by atomic mass is 15.3. The molecule has 0 spiro atoms. The van der Waals surface area contributed by atoms with Gasteiger partial charge in [-0.25, -0.2) is 0 Å². The molecule has 0 aliphatic carbocycles. The van der Waals surface area contributed by atoms with Gasteiger partial charge in [0, 0.05) is 37.0 Å². The molecule has 0 aliphatic rings. The predicted octanol–water partition coefficient (Wildman–Crippen LogP) is 2.75. The molecule has 0 aliphatic heterocycles. The van der Waals surface area contributed by atoms with Gasteiger partial charge in [-0.15, -0.1) is 0 Å². The van der Waals surface area contributed by atoms with Gasteiger partial charge in [-0.2, -0.15) is 5.10 Å². The first-order valence-corrected chi connectivity index (χ1v) is 7.42. The maximum absolute atomic E-state index is 6.20. The third kappa shape index (κ3) is 3.90. The topological polar surface area (TPSA) is 56.7 Å². The average Bonchev–Trinajstić information content (AvgIpc) is 2.89. The minimum absolute atomic E-state index is 0.0648. The first-order chi connectivity index (χ1) is 9.72. The van der Waals surface area contributed by atoms with Gasteiger partial charge in [0.2, 0.25) is 0 Å². The second kappa shape index (κ2) is 7.20. The van der Waals surface area contributed by atoms with Crippen molar-refractivity contribution in [2.75, 3.05) is 0 Å². The van der Waals surface area contributed by atoms with Gasteiger partial charge in [0.05, 0.1) is 11.7 Å². The Labute approximate surface area is 121 Å². The van der Waals surface area contributed by atoms with E-state index in [9.17, 15) is 0 Å². The minimum Gasteiger partial charge on any atom is -0.327 e. The molecule has 0 saturated heterocycles. The van der Waals surface area contributed by atoms with Crippen LogP contribution in [0, 0.1) is 0 Å². The molecule has 2 rings (SSSR count). The van der Waals surface area contributed by atoms with Crippen molar-refractivity contribution in [1.29, 1.82) is 0 Å². The van der Waals surface area contributed by atoms with Crippen molar-refractivity contribution < 1.29 is 0 Å². The largest absolute Gasteiger partial charge is 0.327 e. The summed E-state index contributed by atoms with van der Waals surface area (Å²) in [6, 6.07) is 8.58. The quantitative estimate of drug-likeness (QED) is 0.843. The SMILES string of the molecule is CCC(CC)n1ccc(CC(N)Cc2ccccn2)n1. The second-order valence-corrected chi connectivity index (χ2v) is 5.25. The van der Waals surface area contributed by atoms with Crippen LogP contribution in [0.2, 0.25) is 0 Å². The van der Waals surface area contributed by atoms with Gasteiger partial charge in [0.15, 0.2) is 0 Å². The Bertz CT molecular complexity index is 502. The summed E-state index contributed by atoms with van der Waals surface area (Å²) >= 11 is 0. The van der Waals surface area contributed by atoms with E-state index in [0.717, 1.165) is 37.1 Å². The lowest BCUT2D eigenvalue weighted by atomic mass is 10.1. The van der Waals surface area contributed by atoms with E-state index >= 15 is 0 Å². The van der Waals surface area contributed by atoms with E-state index in [1.807, 2.05) is 24.4 Å². The van der Waals surface area contributed by atoms with Crippen molar-refractivity contribution in [3.63, 3.8) is 0 Å². The zero-order valence-electron chi connectivity index (χ0n) is 12.4. The summed E-state index contributed by atoms with van der Waals surface area (Å²) in [7, 11) is 0. The number of nitrogens with zero attached hydrogens (tertiary/aromatic N) is 3. The van der Waals surface area contributed by atoms with Gasteiger partial charge >= 0.3 is 0 Å². The summed E-state index contributed by atoms with van der Waals surface area (Å²) in [5.41, 5.74) is 8.31. The monoisotopic (exact) mass is 272 g/mol. The molecule has 0 radical (unpaired) electrons. The van der Waals surface area contributed by atoms with Crippen molar-refractivity contribution in [2.24, 2.45) is 5.73 Å². The Morgan fingerprint density at radius 2 is 1.85 bits per heavy atom. The lowest BCUT2D eigenvalue weighted by Crippen LogP contribution is -2.26. The van der Waals surface area contributed by atoms with E-state index in [0.29, 0.717) is 6.04 Å². The molecule has 108 valence electrons. The fourth-order valence-electron chi connectivity index (χ4n) is 2.48. The number of nitrogens with two attached hydrogens (primary N) is 1. The summed E-state index contributed by atoms with van der Waals surface area (Å²) in [5.74, 6) is 0. The van der Waals surface area contributed by atoms with Crippen LogP contribution in [0.4, 0.5) is 0 Å². The molecule has 0 amide bonds. The molecule has 0 aromatic carbocycles. The zero-order valence-corrected chi connectivity index (χ0v) is 12.4. The first kappa shape index (κ1) is 14.7. The molecular weight excluding hydrogens is 248 g/mol. The molecule has 0 fully saturated rings. The fourth-order valence-corrected chi connectivity index (χ4v) is 2.48. The van der Waals surface area contributed by atoms with Crippen LogP contribution in [-0.4, -0.2) is 20.8 Å². The van der Waals surface area contributed by atoms with E-state index in [4.69, 9.17) is 5.73 Å². The second-order valence-electron chi connectivity index (χ2n) is 5.25. The van der Waals surface area contributed by atoms with Crippen LogP contribution in [0.3, 0.4) is 0 Å². The first-order valence-electron chi connectivity index (χ1n) is 7.42. The molecule has 4 heteroatoms.